The van der Waals surface area contributed by atoms with Gasteiger partial charge in [0, 0.05) is 62.7 Å². The topological polar surface area (TPSA) is 95.1 Å². The van der Waals surface area contributed by atoms with Crippen molar-refractivity contribution >= 4 is 29.1 Å². The number of aryl methyl sites for hydroxylation is 1. The number of rotatable bonds is 12. The maximum absolute atomic E-state index is 13.4. The van der Waals surface area contributed by atoms with Crippen molar-refractivity contribution in [3.05, 3.63) is 108 Å². The lowest BCUT2D eigenvalue weighted by Gasteiger charge is -2.32. The quantitative estimate of drug-likeness (QED) is 0.184. The van der Waals surface area contributed by atoms with Crippen LogP contribution in [-0.4, -0.2) is 79.4 Å². The Morgan fingerprint density at radius 1 is 0.851 bits per heavy atom. The van der Waals surface area contributed by atoms with Gasteiger partial charge in [0.25, 0.3) is 11.8 Å². The number of carbonyl (C=O) groups is 3. The van der Waals surface area contributed by atoms with Crippen LogP contribution in [0.4, 0.5) is 11.4 Å². The molecule has 0 aliphatic carbocycles. The first-order valence-corrected chi connectivity index (χ1v) is 16.2. The predicted molar refractivity (Wildman–Crippen MR) is 186 cm³/mol. The number of pyridine rings is 1. The molecule has 0 radical (unpaired) electrons. The van der Waals surface area contributed by atoms with Gasteiger partial charge in [0.1, 0.15) is 5.69 Å². The van der Waals surface area contributed by atoms with Crippen molar-refractivity contribution in [3.8, 4) is 17.0 Å². The first-order chi connectivity index (χ1) is 22.8. The highest BCUT2D eigenvalue weighted by molar-refractivity contribution is 6.09. The van der Waals surface area contributed by atoms with Gasteiger partial charge in [-0.25, -0.2) is 4.98 Å². The summed E-state index contributed by atoms with van der Waals surface area (Å²) >= 11 is 0. The molecule has 1 fully saturated rings. The van der Waals surface area contributed by atoms with E-state index in [4.69, 9.17) is 4.74 Å². The second-order valence-electron chi connectivity index (χ2n) is 12.0. The molecular weight excluding hydrogens is 590 g/mol. The number of piperazine rings is 1. The van der Waals surface area contributed by atoms with Crippen LogP contribution in [-0.2, 0) is 4.79 Å². The van der Waals surface area contributed by atoms with E-state index in [1.807, 2.05) is 54.3 Å². The summed E-state index contributed by atoms with van der Waals surface area (Å²) in [5, 5.41) is 2.96. The van der Waals surface area contributed by atoms with Crippen LogP contribution in [0.3, 0.4) is 0 Å². The summed E-state index contributed by atoms with van der Waals surface area (Å²) in [6.07, 6.45) is 4.67. The zero-order valence-electron chi connectivity index (χ0n) is 27.4. The zero-order chi connectivity index (χ0) is 33.2. The van der Waals surface area contributed by atoms with Gasteiger partial charge in [0.2, 0.25) is 11.8 Å². The van der Waals surface area contributed by atoms with Gasteiger partial charge in [-0.2, -0.15) is 0 Å². The monoisotopic (exact) mass is 633 g/mol. The van der Waals surface area contributed by atoms with Gasteiger partial charge in [0.05, 0.1) is 6.61 Å². The molecule has 244 valence electrons. The molecule has 0 spiro atoms. The summed E-state index contributed by atoms with van der Waals surface area (Å²) in [6, 6.07) is 26.0. The lowest BCUT2D eigenvalue weighted by molar-refractivity contribution is -0.132. The molecular formula is C38H43N5O4. The third kappa shape index (κ3) is 8.83. The van der Waals surface area contributed by atoms with Crippen LogP contribution < -0.4 is 15.0 Å². The van der Waals surface area contributed by atoms with Crippen molar-refractivity contribution in [1.82, 2.24) is 14.8 Å². The van der Waals surface area contributed by atoms with Gasteiger partial charge >= 0.3 is 0 Å². The van der Waals surface area contributed by atoms with Crippen LogP contribution in [0, 0.1) is 6.92 Å². The highest BCUT2D eigenvalue weighted by Crippen LogP contribution is 2.28. The van der Waals surface area contributed by atoms with E-state index >= 15 is 0 Å². The minimum atomic E-state index is -0.229. The second kappa shape index (κ2) is 16.0. The molecule has 9 nitrogen and oxygen atoms in total. The van der Waals surface area contributed by atoms with Gasteiger partial charge in [0.15, 0.2) is 0 Å². The maximum atomic E-state index is 13.4. The average Bonchev–Trinajstić information content (AvgIpc) is 3.10. The standard InChI is InChI=1S/C38H43N5O4/c1-28-14-16-29(17-15-28)32-10-6-7-11-33(32)36(45)40-31-20-18-30(19-21-31)38(46)42(3)34-12-9-22-39-37(34)47-27-8-4-5-13-35(44)43-25-23-41(2)24-26-43/h6-7,9-12,14-22H,4-5,8,13,23-27H2,1-3H3,(H,40,45). The Balaban J connectivity index is 1.13. The fourth-order valence-electron chi connectivity index (χ4n) is 5.55. The van der Waals surface area contributed by atoms with Gasteiger partial charge in [-0.3, -0.25) is 14.4 Å². The summed E-state index contributed by atoms with van der Waals surface area (Å²) < 4.78 is 5.98. The third-order valence-electron chi connectivity index (χ3n) is 8.47. The summed E-state index contributed by atoms with van der Waals surface area (Å²) in [4.78, 5) is 49.2. The summed E-state index contributed by atoms with van der Waals surface area (Å²) in [5.74, 6) is 0.155. The van der Waals surface area contributed by atoms with Gasteiger partial charge < -0.3 is 24.8 Å². The number of nitrogens with one attached hydrogen (secondary N) is 1. The molecule has 0 atom stereocenters. The number of benzene rings is 3. The first kappa shape index (κ1) is 33.3. The van der Waals surface area contributed by atoms with E-state index in [2.05, 4.69) is 22.2 Å². The van der Waals surface area contributed by atoms with Crippen LogP contribution in [0.25, 0.3) is 11.1 Å². The highest BCUT2D eigenvalue weighted by atomic mass is 16.5. The van der Waals surface area contributed by atoms with Gasteiger partial charge in [-0.05, 0) is 86.8 Å². The largest absolute Gasteiger partial charge is 0.476 e. The van der Waals surface area contributed by atoms with Crippen molar-refractivity contribution in [2.75, 3.05) is 57.1 Å². The van der Waals surface area contributed by atoms with E-state index in [0.717, 1.165) is 62.1 Å². The van der Waals surface area contributed by atoms with E-state index in [1.54, 1.807) is 55.7 Å². The highest BCUT2D eigenvalue weighted by Gasteiger charge is 2.20. The van der Waals surface area contributed by atoms with Crippen LogP contribution >= 0.6 is 0 Å². The summed E-state index contributed by atoms with van der Waals surface area (Å²) in [7, 11) is 3.77. The zero-order valence-corrected chi connectivity index (χ0v) is 27.4. The fourth-order valence-corrected chi connectivity index (χ4v) is 5.55. The van der Waals surface area contributed by atoms with Crippen LogP contribution in [0.1, 0.15) is 52.0 Å². The molecule has 47 heavy (non-hydrogen) atoms. The van der Waals surface area contributed by atoms with E-state index in [9.17, 15) is 14.4 Å². The molecule has 3 amide bonds. The lowest BCUT2D eigenvalue weighted by Crippen LogP contribution is -2.47. The normalized spacial score (nSPS) is 13.2. The SMILES string of the molecule is Cc1ccc(-c2ccccc2C(=O)Nc2ccc(C(=O)N(C)c3cccnc3OCCCCCC(=O)N3CCN(C)CC3)cc2)cc1. The number of hydrogen-bond acceptors (Lipinski definition) is 6. The van der Waals surface area contributed by atoms with Crippen molar-refractivity contribution < 1.29 is 19.1 Å². The van der Waals surface area contributed by atoms with Gasteiger partial charge in [-0.15, -0.1) is 0 Å². The molecule has 2 heterocycles. The Labute approximate surface area is 277 Å². The number of hydrogen-bond donors (Lipinski definition) is 1. The number of amides is 3. The lowest BCUT2D eigenvalue weighted by atomic mass is 9.98. The number of carbonyl (C=O) groups excluding carboxylic acids is 3. The Kier molecular flexibility index (Phi) is 11.4. The van der Waals surface area contributed by atoms with Crippen molar-refractivity contribution in [1.29, 1.82) is 0 Å². The minimum absolute atomic E-state index is 0.226. The van der Waals surface area contributed by atoms with Crippen molar-refractivity contribution in [2.24, 2.45) is 0 Å². The van der Waals surface area contributed by atoms with Crippen LogP contribution in [0.15, 0.2) is 91.1 Å². The Hall–Kier alpha value is -5.02. The Morgan fingerprint density at radius 2 is 1.57 bits per heavy atom. The van der Waals surface area contributed by atoms with Crippen LogP contribution in [0.2, 0.25) is 0 Å². The number of likely N-dealkylation sites (N-methyl/N-ethyl adjacent to an activating group) is 1. The molecule has 1 aromatic heterocycles. The molecule has 1 N–H and O–H groups in total. The third-order valence-corrected chi connectivity index (χ3v) is 8.47. The number of nitrogens with zero attached hydrogens (tertiary/aromatic N) is 4. The number of ether oxygens (including phenoxy) is 1. The molecule has 0 bridgehead atoms. The molecule has 4 aromatic rings. The number of anilines is 2. The number of unbranched alkanes of at least 4 members (excludes halogenated alkanes) is 2. The molecule has 1 aliphatic heterocycles. The summed E-state index contributed by atoms with van der Waals surface area (Å²) in [6.45, 7) is 5.93. The van der Waals surface area contributed by atoms with Crippen molar-refractivity contribution in [3.63, 3.8) is 0 Å². The molecule has 0 saturated carbocycles. The Morgan fingerprint density at radius 3 is 2.32 bits per heavy atom. The molecule has 5 rings (SSSR count). The molecule has 1 aliphatic rings. The maximum Gasteiger partial charge on any atom is 0.258 e. The molecule has 9 heteroatoms. The van der Waals surface area contributed by atoms with E-state index in [-0.39, 0.29) is 17.7 Å². The molecule has 1 saturated heterocycles. The minimum Gasteiger partial charge on any atom is -0.476 e. The van der Waals surface area contributed by atoms with Gasteiger partial charge in [-0.1, -0.05) is 48.0 Å². The molecule has 3 aromatic carbocycles. The average molecular weight is 634 g/mol. The molecule has 0 unspecified atom stereocenters. The van der Waals surface area contributed by atoms with E-state index < -0.39 is 0 Å². The fraction of sp³-hybridized carbons (Fsp3) is 0.316. The van der Waals surface area contributed by atoms with E-state index in [1.165, 1.54) is 4.90 Å². The Bertz CT molecular complexity index is 1660. The first-order valence-electron chi connectivity index (χ1n) is 16.2. The second-order valence-corrected chi connectivity index (χ2v) is 12.0. The van der Waals surface area contributed by atoms with Crippen LogP contribution in [0.5, 0.6) is 5.88 Å². The van der Waals surface area contributed by atoms with E-state index in [0.29, 0.717) is 41.4 Å². The van der Waals surface area contributed by atoms with Crippen molar-refractivity contribution in [2.45, 2.75) is 32.6 Å². The smallest absolute Gasteiger partial charge is 0.258 e. The number of aromatic nitrogens is 1. The predicted octanol–water partition coefficient (Wildman–Crippen LogP) is 6.30. The summed E-state index contributed by atoms with van der Waals surface area (Å²) in [5.41, 5.74) is 5.16.